The van der Waals surface area contributed by atoms with E-state index in [2.05, 4.69) is 5.32 Å². The van der Waals surface area contributed by atoms with Crippen LogP contribution in [0.5, 0.6) is 0 Å². The number of aromatic nitrogens is 1. The lowest BCUT2D eigenvalue weighted by molar-refractivity contribution is -0.136. The third kappa shape index (κ3) is 2.98. The van der Waals surface area contributed by atoms with E-state index in [1.165, 1.54) is 17.6 Å². The van der Waals surface area contributed by atoms with E-state index in [-0.39, 0.29) is 36.9 Å². The second-order valence-corrected chi connectivity index (χ2v) is 6.08. The summed E-state index contributed by atoms with van der Waals surface area (Å²) in [5.41, 5.74) is 3.38. The van der Waals surface area contributed by atoms with Crippen LogP contribution in [0.1, 0.15) is 5.56 Å². The van der Waals surface area contributed by atoms with Gasteiger partial charge in [-0.05, 0) is 24.6 Å². The van der Waals surface area contributed by atoms with Gasteiger partial charge in [0.15, 0.2) is 0 Å². The van der Waals surface area contributed by atoms with Crippen LogP contribution in [-0.4, -0.2) is 53.3 Å². The van der Waals surface area contributed by atoms with Crippen LogP contribution in [0.25, 0.3) is 10.9 Å². The summed E-state index contributed by atoms with van der Waals surface area (Å²) in [5.74, 6) is -0.871. The van der Waals surface area contributed by atoms with Crippen LogP contribution in [0.2, 0.25) is 0 Å². The van der Waals surface area contributed by atoms with Crippen molar-refractivity contribution in [3.8, 4) is 0 Å². The summed E-state index contributed by atoms with van der Waals surface area (Å²) in [4.78, 5) is 26.0. The van der Waals surface area contributed by atoms with Gasteiger partial charge in [-0.15, -0.1) is 0 Å². The number of benzene rings is 1. The number of fused-ring (bicyclic) bond motifs is 1. The minimum atomic E-state index is -0.549. The first-order valence-electron chi connectivity index (χ1n) is 8.00. The number of hydrogen-bond acceptors (Lipinski definition) is 5. The molecule has 0 spiro atoms. The van der Waals surface area contributed by atoms with Gasteiger partial charge in [0.05, 0.1) is 31.4 Å². The molecule has 7 nitrogen and oxygen atoms in total. The third-order valence-electron chi connectivity index (χ3n) is 4.41. The van der Waals surface area contributed by atoms with Crippen molar-refractivity contribution in [1.29, 1.82) is 0 Å². The molecule has 132 valence electrons. The Labute approximate surface area is 145 Å². The summed E-state index contributed by atoms with van der Waals surface area (Å²) in [5, 5.41) is 13.3. The molecular formula is C18H21N3O4. The van der Waals surface area contributed by atoms with Crippen LogP contribution < -0.4 is 5.32 Å². The number of hydrogen-bond donors (Lipinski definition) is 2. The van der Waals surface area contributed by atoms with Crippen molar-refractivity contribution < 1.29 is 19.4 Å². The minimum absolute atomic E-state index is 0.125. The highest BCUT2D eigenvalue weighted by Gasteiger charge is 2.34. The average molecular weight is 343 g/mol. The second kappa shape index (κ2) is 6.60. The Hall–Kier alpha value is -2.80. The largest absolute Gasteiger partial charge is 0.466 e. The van der Waals surface area contributed by atoms with Gasteiger partial charge in [-0.3, -0.25) is 4.79 Å². The van der Waals surface area contributed by atoms with Gasteiger partial charge < -0.3 is 24.6 Å². The molecule has 25 heavy (non-hydrogen) atoms. The van der Waals surface area contributed by atoms with Crippen molar-refractivity contribution in [3.05, 3.63) is 41.2 Å². The number of aliphatic hydroxyl groups excluding tert-OH is 1. The molecule has 1 aliphatic rings. The Bertz CT molecular complexity index is 882. The molecule has 7 heteroatoms. The Morgan fingerprint density at radius 2 is 2.16 bits per heavy atom. The second-order valence-electron chi connectivity index (χ2n) is 6.08. The van der Waals surface area contributed by atoms with E-state index in [0.717, 1.165) is 10.9 Å². The fourth-order valence-corrected chi connectivity index (χ4v) is 3.16. The van der Waals surface area contributed by atoms with E-state index in [0.29, 0.717) is 5.69 Å². The van der Waals surface area contributed by atoms with Crippen molar-refractivity contribution in [2.45, 2.75) is 6.92 Å². The standard InChI is InChI=1S/C18H21N3O4/c1-11-9-20(2)15-8-12(4-5-13(11)15)19-16-14(18(24)25-3)10-21(6-7-22)17(16)23/h4-5,8-9,19,22H,6-7,10H2,1-3H3. The first-order valence-corrected chi connectivity index (χ1v) is 8.00. The van der Waals surface area contributed by atoms with Gasteiger partial charge in [0.1, 0.15) is 5.70 Å². The number of amides is 1. The quantitative estimate of drug-likeness (QED) is 0.796. The highest BCUT2D eigenvalue weighted by Crippen LogP contribution is 2.27. The van der Waals surface area contributed by atoms with Crippen molar-refractivity contribution >= 4 is 28.5 Å². The van der Waals surface area contributed by atoms with E-state index in [9.17, 15) is 9.59 Å². The Morgan fingerprint density at radius 1 is 1.40 bits per heavy atom. The fourth-order valence-electron chi connectivity index (χ4n) is 3.16. The van der Waals surface area contributed by atoms with Gasteiger partial charge in [-0.1, -0.05) is 6.07 Å². The molecule has 0 atom stereocenters. The lowest BCUT2D eigenvalue weighted by atomic mass is 10.1. The predicted molar refractivity (Wildman–Crippen MR) is 94.0 cm³/mol. The van der Waals surface area contributed by atoms with Crippen LogP contribution in [0.4, 0.5) is 5.69 Å². The molecule has 1 aliphatic heterocycles. The predicted octanol–water partition coefficient (Wildman–Crippen LogP) is 1.16. The van der Waals surface area contributed by atoms with Crippen molar-refractivity contribution in [2.24, 2.45) is 7.05 Å². The summed E-state index contributed by atoms with van der Waals surface area (Å²) in [6.07, 6.45) is 2.04. The summed E-state index contributed by atoms with van der Waals surface area (Å²) < 4.78 is 6.80. The number of rotatable bonds is 5. The van der Waals surface area contributed by atoms with E-state index >= 15 is 0 Å². The molecule has 0 saturated carbocycles. The lowest BCUT2D eigenvalue weighted by Crippen LogP contribution is -2.31. The number of β-amino-alcohol motifs (C(OH)–C–C–N with tert-alkyl or cyclic N) is 1. The van der Waals surface area contributed by atoms with Crippen LogP contribution in [0.15, 0.2) is 35.7 Å². The SMILES string of the molecule is COC(=O)C1=C(Nc2ccc3c(C)cn(C)c3c2)C(=O)N(CCO)C1. The van der Waals surface area contributed by atoms with Crippen LogP contribution >= 0.6 is 0 Å². The Balaban J connectivity index is 1.97. The summed E-state index contributed by atoms with van der Waals surface area (Å²) in [6.45, 7) is 2.17. The van der Waals surface area contributed by atoms with Crippen LogP contribution in [0.3, 0.4) is 0 Å². The molecule has 1 amide bonds. The molecule has 1 aromatic carbocycles. The number of nitrogens with zero attached hydrogens (tertiary/aromatic N) is 2. The monoisotopic (exact) mass is 343 g/mol. The number of ether oxygens (including phenoxy) is 1. The molecule has 0 aliphatic carbocycles. The maximum atomic E-state index is 12.5. The molecule has 0 unspecified atom stereocenters. The van der Waals surface area contributed by atoms with Crippen LogP contribution in [0, 0.1) is 6.92 Å². The van der Waals surface area contributed by atoms with Gasteiger partial charge in [0.25, 0.3) is 5.91 Å². The number of carbonyl (C=O) groups is 2. The van der Waals surface area contributed by atoms with E-state index in [1.807, 2.05) is 42.9 Å². The summed E-state index contributed by atoms with van der Waals surface area (Å²) >= 11 is 0. The van der Waals surface area contributed by atoms with Gasteiger partial charge in [0.2, 0.25) is 0 Å². The molecule has 2 aromatic rings. The molecule has 3 rings (SSSR count). The van der Waals surface area contributed by atoms with Gasteiger partial charge >= 0.3 is 5.97 Å². The first-order chi connectivity index (χ1) is 12.0. The van der Waals surface area contributed by atoms with E-state index in [1.54, 1.807) is 0 Å². The molecule has 1 aromatic heterocycles. The number of nitrogens with one attached hydrogen (secondary N) is 1. The number of aryl methyl sites for hydroxylation is 2. The van der Waals surface area contributed by atoms with Crippen molar-refractivity contribution in [3.63, 3.8) is 0 Å². The molecule has 0 fully saturated rings. The summed E-state index contributed by atoms with van der Waals surface area (Å²) in [6, 6.07) is 5.79. The highest BCUT2D eigenvalue weighted by molar-refractivity contribution is 6.08. The number of methoxy groups -OCH3 is 1. The molecule has 2 N–H and O–H groups in total. The third-order valence-corrected chi connectivity index (χ3v) is 4.41. The number of carbonyl (C=O) groups excluding carboxylic acids is 2. The van der Waals surface area contributed by atoms with E-state index in [4.69, 9.17) is 9.84 Å². The maximum Gasteiger partial charge on any atom is 0.337 e. The normalized spacial score (nSPS) is 14.6. The van der Waals surface area contributed by atoms with Gasteiger partial charge in [-0.2, -0.15) is 0 Å². The zero-order chi connectivity index (χ0) is 18.1. The van der Waals surface area contributed by atoms with Gasteiger partial charge in [-0.25, -0.2) is 4.79 Å². The molecule has 0 bridgehead atoms. The van der Waals surface area contributed by atoms with Crippen molar-refractivity contribution in [1.82, 2.24) is 9.47 Å². The molecular weight excluding hydrogens is 322 g/mol. The average Bonchev–Trinajstić information content (AvgIpc) is 3.05. The zero-order valence-corrected chi connectivity index (χ0v) is 14.5. The number of esters is 1. The van der Waals surface area contributed by atoms with E-state index < -0.39 is 5.97 Å². The van der Waals surface area contributed by atoms with Gasteiger partial charge in [0, 0.05) is 30.9 Å². The zero-order valence-electron chi connectivity index (χ0n) is 14.5. The Morgan fingerprint density at radius 3 is 2.84 bits per heavy atom. The number of aliphatic hydroxyl groups is 1. The first kappa shape index (κ1) is 17.0. The lowest BCUT2D eigenvalue weighted by Gasteiger charge is -2.15. The minimum Gasteiger partial charge on any atom is -0.466 e. The smallest absolute Gasteiger partial charge is 0.337 e. The maximum absolute atomic E-state index is 12.5. The summed E-state index contributed by atoms with van der Waals surface area (Å²) in [7, 11) is 3.24. The Kier molecular flexibility index (Phi) is 4.50. The van der Waals surface area contributed by atoms with Crippen molar-refractivity contribution in [2.75, 3.05) is 32.1 Å². The molecule has 2 heterocycles. The van der Waals surface area contributed by atoms with Crippen LogP contribution in [-0.2, 0) is 21.4 Å². The molecule has 0 saturated heterocycles. The topological polar surface area (TPSA) is 83.8 Å². The fraction of sp³-hybridized carbons (Fsp3) is 0.333. The molecule has 0 radical (unpaired) electrons. The highest BCUT2D eigenvalue weighted by atomic mass is 16.5. The number of anilines is 1.